The van der Waals surface area contributed by atoms with Crippen LogP contribution in [0.15, 0.2) is 83.8 Å². The summed E-state index contributed by atoms with van der Waals surface area (Å²) in [6.07, 6.45) is 5.29. The number of carbonyl (C=O) groups is 1. The first-order chi connectivity index (χ1) is 17.2. The average molecular weight is 465 g/mol. The summed E-state index contributed by atoms with van der Waals surface area (Å²) in [5.74, 6) is 1.10. The molecule has 8 nitrogen and oxygen atoms in total. The van der Waals surface area contributed by atoms with Gasteiger partial charge in [0.2, 0.25) is 5.82 Å². The summed E-state index contributed by atoms with van der Waals surface area (Å²) in [6, 6.07) is 19.8. The molecular weight excluding hydrogens is 440 g/mol. The summed E-state index contributed by atoms with van der Waals surface area (Å²) in [6.45, 7) is 3.95. The van der Waals surface area contributed by atoms with Gasteiger partial charge in [0, 0.05) is 62.3 Å². The monoisotopic (exact) mass is 464 g/mol. The van der Waals surface area contributed by atoms with Crippen molar-refractivity contribution in [2.75, 3.05) is 26.2 Å². The van der Waals surface area contributed by atoms with Crippen LogP contribution in [0.25, 0.3) is 33.7 Å². The fourth-order valence-electron chi connectivity index (χ4n) is 4.51. The number of piperazine rings is 1. The van der Waals surface area contributed by atoms with Crippen molar-refractivity contribution in [1.29, 1.82) is 0 Å². The second-order valence-corrected chi connectivity index (χ2v) is 8.68. The lowest BCUT2D eigenvalue weighted by atomic mass is 10.1. The van der Waals surface area contributed by atoms with Crippen molar-refractivity contribution in [3.8, 4) is 22.8 Å². The average Bonchev–Trinajstić information content (AvgIpc) is 3.60. The van der Waals surface area contributed by atoms with E-state index in [9.17, 15) is 4.79 Å². The van der Waals surface area contributed by atoms with Crippen molar-refractivity contribution in [1.82, 2.24) is 29.9 Å². The zero-order chi connectivity index (χ0) is 23.6. The van der Waals surface area contributed by atoms with Crippen molar-refractivity contribution >= 4 is 16.8 Å². The molecule has 0 radical (unpaired) electrons. The highest BCUT2D eigenvalue weighted by molar-refractivity contribution is 6.05. The lowest BCUT2D eigenvalue weighted by Crippen LogP contribution is -2.48. The van der Waals surface area contributed by atoms with Gasteiger partial charge in [0.25, 0.3) is 11.8 Å². The third-order valence-electron chi connectivity index (χ3n) is 6.43. The largest absolute Gasteiger partial charge is 0.361 e. The smallest absolute Gasteiger partial charge is 0.259 e. The van der Waals surface area contributed by atoms with Crippen LogP contribution >= 0.6 is 0 Å². The number of amides is 1. The molecule has 1 aliphatic rings. The second kappa shape index (κ2) is 9.15. The third kappa shape index (κ3) is 4.31. The van der Waals surface area contributed by atoms with Gasteiger partial charge in [-0.15, -0.1) is 0 Å². The van der Waals surface area contributed by atoms with Crippen LogP contribution in [0.3, 0.4) is 0 Å². The first kappa shape index (κ1) is 21.2. The van der Waals surface area contributed by atoms with Gasteiger partial charge in [-0.05, 0) is 29.8 Å². The summed E-state index contributed by atoms with van der Waals surface area (Å²) in [4.78, 5) is 29.2. The third-order valence-corrected chi connectivity index (χ3v) is 6.43. The quantitative estimate of drug-likeness (QED) is 0.418. The predicted octanol–water partition coefficient (Wildman–Crippen LogP) is 4.24. The van der Waals surface area contributed by atoms with Gasteiger partial charge in [0.15, 0.2) is 0 Å². The SMILES string of the molecule is O=C(c1cccc2cc[nH]c12)N1CCN(Cc2ccc(-c3noc(-c4cccnc4)n3)cc2)CC1. The van der Waals surface area contributed by atoms with Crippen LogP contribution in [-0.4, -0.2) is 62.0 Å². The van der Waals surface area contributed by atoms with E-state index in [1.165, 1.54) is 5.56 Å². The predicted molar refractivity (Wildman–Crippen MR) is 132 cm³/mol. The number of H-pyrrole nitrogens is 1. The first-order valence-corrected chi connectivity index (χ1v) is 11.7. The summed E-state index contributed by atoms with van der Waals surface area (Å²) in [5, 5.41) is 5.17. The molecule has 3 aromatic heterocycles. The van der Waals surface area contributed by atoms with Crippen molar-refractivity contribution in [3.05, 3.63) is 90.4 Å². The Morgan fingerprint density at radius 2 is 1.80 bits per heavy atom. The Balaban J connectivity index is 1.07. The number of carbonyl (C=O) groups excluding carboxylic acids is 1. The molecule has 0 spiro atoms. The van der Waals surface area contributed by atoms with Crippen LogP contribution in [-0.2, 0) is 6.54 Å². The number of benzene rings is 2. The van der Waals surface area contributed by atoms with E-state index in [0.717, 1.165) is 47.2 Å². The van der Waals surface area contributed by atoms with Crippen LogP contribution < -0.4 is 0 Å². The number of fused-ring (bicyclic) bond motifs is 1. The van der Waals surface area contributed by atoms with Gasteiger partial charge in [-0.1, -0.05) is 41.6 Å². The Kier molecular flexibility index (Phi) is 5.56. The maximum atomic E-state index is 13.1. The molecule has 0 aliphatic carbocycles. The summed E-state index contributed by atoms with van der Waals surface area (Å²) in [5.41, 5.74) is 4.56. The second-order valence-electron chi connectivity index (χ2n) is 8.68. The first-order valence-electron chi connectivity index (χ1n) is 11.7. The Morgan fingerprint density at radius 1 is 0.943 bits per heavy atom. The van der Waals surface area contributed by atoms with Gasteiger partial charge in [-0.3, -0.25) is 14.7 Å². The van der Waals surface area contributed by atoms with Gasteiger partial charge in [0.1, 0.15) is 0 Å². The van der Waals surface area contributed by atoms with Crippen molar-refractivity contribution < 1.29 is 9.32 Å². The molecule has 0 saturated carbocycles. The molecule has 1 amide bonds. The van der Waals surface area contributed by atoms with Gasteiger partial charge < -0.3 is 14.4 Å². The highest BCUT2D eigenvalue weighted by Crippen LogP contribution is 2.23. The molecule has 0 atom stereocenters. The van der Waals surface area contributed by atoms with E-state index >= 15 is 0 Å². The van der Waals surface area contributed by atoms with Crippen LogP contribution in [0.2, 0.25) is 0 Å². The lowest BCUT2D eigenvalue weighted by molar-refractivity contribution is 0.0630. The summed E-state index contributed by atoms with van der Waals surface area (Å²) >= 11 is 0. The number of nitrogens with one attached hydrogen (secondary N) is 1. The number of aromatic nitrogens is 4. The Hall–Kier alpha value is -4.30. The van der Waals surface area contributed by atoms with Crippen LogP contribution in [0.1, 0.15) is 15.9 Å². The van der Waals surface area contributed by atoms with E-state index in [1.807, 2.05) is 59.6 Å². The van der Waals surface area contributed by atoms with Gasteiger partial charge in [0.05, 0.1) is 16.6 Å². The fourth-order valence-corrected chi connectivity index (χ4v) is 4.51. The Bertz CT molecular complexity index is 1450. The van der Waals surface area contributed by atoms with E-state index in [4.69, 9.17) is 4.52 Å². The molecule has 8 heteroatoms. The molecule has 2 aromatic carbocycles. The molecular formula is C27H24N6O2. The highest BCUT2D eigenvalue weighted by atomic mass is 16.5. The van der Waals surface area contributed by atoms with E-state index < -0.39 is 0 Å². The Labute approximate surface area is 202 Å². The van der Waals surface area contributed by atoms with Gasteiger partial charge in [-0.2, -0.15) is 4.98 Å². The van der Waals surface area contributed by atoms with E-state index in [2.05, 4.69) is 37.1 Å². The van der Waals surface area contributed by atoms with E-state index in [-0.39, 0.29) is 5.91 Å². The van der Waals surface area contributed by atoms with Crippen LogP contribution in [0.4, 0.5) is 0 Å². The van der Waals surface area contributed by atoms with Crippen LogP contribution in [0, 0.1) is 0 Å². The zero-order valence-electron chi connectivity index (χ0n) is 19.1. The normalized spacial score (nSPS) is 14.5. The molecule has 6 rings (SSSR count). The Morgan fingerprint density at radius 3 is 2.60 bits per heavy atom. The van der Waals surface area contributed by atoms with Gasteiger partial charge in [-0.25, -0.2) is 0 Å². The van der Waals surface area contributed by atoms with Crippen molar-refractivity contribution in [3.63, 3.8) is 0 Å². The van der Waals surface area contributed by atoms with Crippen molar-refractivity contribution in [2.45, 2.75) is 6.54 Å². The maximum absolute atomic E-state index is 13.1. The number of hydrogen-bond acceptors (Lipinski definition) is 6. The molecule has 5 aromatic rings. The minimum Gasteiger partial charge on any atom is -0.361 e. The number of aromatic amines is 1. The summed E-state index contributed by atoms with van der Waals surface area (Å²) < 4.78 is 5.39. The minimum atomic E-state index is 0.0906. The zero-order valence-corrected chi connectivity index (χ0v) is 19.1. The molecule has 1 saturated heterocycles. The standard InChI is InChI=1S/C27H24N6O2/c34-27(23-5-1-3-20-10-12-29-24(20)23)33-15-13-32(14-16-33)18-19-6-8-21(9-7-19)25-30-26(35-31-25)22-4-2-11-28-17-22/h1-12,17,29H,13-16,18H2. The fraction of sp³-hybridized carbons (Fsp3) is 0.185. The number of nitrogens with zero attached hydrogens (tertiary/aromatic N) is 5. The lowest BCUT2D eigenvalue weighted by Gasteiger charge is -2.35. The molecule has 1 aliphatic heterocycles. The number of hydrogen-bond donors (Lipinski definition) is 1. The number of pyridine rings is 1. The molecule has 35 heavy (non-hydrogen) atoms. The topological polar surface area (TPSA) is 91.2 Å². The maximum Gasteiger partial charge on any atom is 0.259 e. The summed E-state index contributed by atoms with van der Waals surface area (Å²) in [7, 11) is 0. The molecule has 0 bridgehead atoms. The van der Waals surface area contributed by atoms with Crippen molar-refractivity contribution in [2.24, 2.45) is 0 Å². The number of para-hydroxylation sites is 1. The van der Waals surface area contributed by atoms with Crippen LogP contribution in [0.5, 0.6) is 0 Å². The molecule has 0 unspecified atom stereocenters. The number of rotatable bonds is 5. The van der Waals surface area contributed by atoms with Gasteiger partial charge >= 0.3 is 0 Å². The minimum absolute atomic E-state index is 0.0906. The van der Waals surface area contributed by atoms with E-state index in [0.29, 0.717) is 24.8 Å². The molecule has 1 fully saturated rings. The highest BCUT2D eigenvalue weighted by Gasteiger charge is 2.23. The molecule has 4 heterocycles. The molecule has 1 N–H and O–H groups in total. The molecule has 174 valence electrons. The van der Waals surface area contributed by atoms with E-state index in [1.54, 1.807) is 12.4 Å².